The minimum absolute atomic E-state index is 0.142. The third-order valence-corrected chi connectivity index (χ3v) is 13.6. The lowest BCUT2D eigenvalue weighted by Gasteiger charge is -2.32. The normalized spacial score (nSPS) is 32.9. The smallest absolute Gasteiger partial charge is 0.323 e. The molecule has 0 bridgehead atoms. The van der Waals surface area contributed by atoms with E-state index in [2.05, 4.69) is 41.6 Å². The number of hydrogen-bond donors (Lipinski definition) is 8. The van der Waals surface area contributed by atoms with E-state index >= 15 is 8.78 Å². The number of aliphatic imine (C=N–C) groups is 3. The van der Waals surface area contributed by atoms with Gasteiger partial charge in [0.25, 0.3) is 0 Å². The van der Waals surface area contributed by atoms with Gasteiger partial charge in [-0.25, -0.2) is 28.1 Å². The lowest BCUT2D eigenvalue weighted by molar-refractivity contribution is -0.168. The number of hydrogen-bond acceptors (Lipinski definition) is 22. The first-order valence-corrected chi connectivity index (χ1v) is 24.8. The minimum Gasteiger partial charge on any atom is -0.456 e. The molecule has 3 saturated heterocycles. The zero-order chi connectivity index (χ0) is 55.3. The third-order valence-electron chi connectivity index (χ3n) is 12.7. The summed E-state index contributed by atoms with van der Waals surface area (Å²) in [6, 6.07) is -0.942. The predicted octanol–water partition coefficient (Wildman–Crippen LogP) is 1.86. The van der Waals surface area contributed by atoms with Gasteiger partial charge in [0.2, 0.25) is 0 Å². The highest BCUT2D eigenvalue weighted by Crippen LogP contribution is 2.42. The van der Waals surface area contributed by atoms with Crippen molar-refractivity contribution in [1.29, 1.82) is 0 Å². The van der Waals surface area contributed by atoms with E-state index < -0.39 is 110 Å². The Kier molecular flexibility index (Phi) is 22.8. The van der Waals surface area contributed by atoms with Crippen LogP contribution in [-0.4, -0.2) is 188 Å². The van der Waals surface area contributed by atoms with Crippen LogP contribution in [0.15, 0.2) is 89.0 Å². The Balaban J connectivity index is 0.000000244. The average Bonchev–Trinajstić information content (AvgIpc) is 3.90. The molecule has 12 N–H and O–H groups in total. The summed E-state index contributed by atoms with van der Waals surface area (Å²) in [5, 5.41) is 39.0. The Hall–Kier alpha value is -4.80. The molecular weight excluding hydrogens is 1020 g/mol. The van der Waals surface area contributed by atoms with Crippen LogP contribution in [0.3, 0.4) is 0 Å². The lowest BCUT2D eigenvalue weighted by Crippen LogP contribution is -2.52. The van der Waals surface area contributed by atoms with Crippen LogP contribution in [0.4, 0.5) is 13.2 Å². The maximum atomic E-state index is 15.3. The molecule has 0 aromatic carbocycles. The van der Waals surface area contributed by atoms with E-state index in [1.165, 1.54) is 58.6 Å². The number of halogens is 5. The van der Waals surface area contributed by atoms with E-state index in [4.69, 9.17) is 74.6 Å². The highest BCUT2D eigenvalue weighted by atomic mass is 35.5. The van der Waals surface area contributed by atoms with Crippen molar-refractivity contribution < 1.29 is 71.6 Å². The number of alkyl halides is 5. The van der Waals surface area contributed by atoms with Gasteiger partial charge in [-0.2, -0.15) is 0 Å². The number of ether oxygens (including phenoxy) is 6. The molecule has 13 atom stereocenters. The lowest BCUT2D eigenvalue weighted by atomic mass is 9.97. The Morgan fingerprint density at radius 3 is 1.47 bits per heavy atom. The number of nitrogens with two attached hydrogens (primary N) is 4. The number of amidine groups is 3. The zero-order valence-electron chi connectivity index (χ0n) is 41.9. The summed E-state index contributed by atoms with van der Waals surface area (Å²) in [4.78, 5) is 40.2. The first-order valence-electron chi connectivity index (χ1n) is 23.7. The van der Waals surface area contributed by atoms with Gasteiger partial charge in [0.05, 0.1) is 38.2 Å². The van der Waals surface area contributed by atoms with Gasteiger partial charge in [0.1, 0.15) is 63.9 Å². The molecule has 6 heterocycles. The molecule has 0 spiro atoms. The number of carbonyl (C=O) groups is 2. The summed E-state index contributed by atoms with van der Waals surface area (Å²) in [7, 11) is 1.37. The van der Waals surface area contributed by atoms with Crippen LogP contribution in [-0.2, 0) is 38.0 Å². The number of aliphatic hydroxyl groups is 4. The van der Waals surface area contributed by atoms with Gasteiger partial charge in [-0.3, -0.25) is 9.59 Å². The zero-order valence-corrected chi connectivity index (χ0v) is 43.4. The van der Waals surface area contributed by atoms with Crippen molar-refractivity contribution in [2.75, 3.05) is 45.3 Å². The first-order chi connectivity index (χ1) is 35.0. The topological polar surface area (TPSA) is 321 Å². The molecule has 0 radical (unpaired) electrons. The highest BCUT2D eigenvalue weighted by Gasteiger charge is 2.61. The summed E-state index contributed by atoms with van der Waals surface area (Å²) in [5.41, 5.74) is 17.8. The Bertz CT molecular complexity index is 2170. The predicted molar refractivity (Wildman–Crippen MR) is 269 cm³/mol. The van der Waals surface area contributed by atoms with E-state index in [-0.39, 0.29) is 65.7 Å². The molecule has 0 aromatic heterocycles. The summed E-state index contributed by atoms with van der Waals surface area (Å²) < 4.78 is 77.3. The number of methoxy groups -OCH3 is 1. The fourth-order valence-electron chi connectivity index (χ4n) is 8.22. The molecule has 0 amide bonds. The van der Waals surface area contributed by atoms with Gasteiger partial charge >= 0.3 is 11.9 Å². The highest BCUT2D eigenvalue weighted by molar-refractivity contribution is 6.19. The van der Waals surface area contributed by atoms with Gasteiger partial charge in [-0.15, -0.1) is 23.2 Å². The van der Waals surface area contributed by atoms with Crippen molar-refractivity contribution in [1.82, 2.24) is 14.7 Å². The number of rotatable bonds is 20. The van der Waals surface area contributed by atoms with E-state index in [0.29, 0.717) is 6.42 Å². The van der Waals surface area contributed by atoms with E-state index in [9.17, 15) is 34.4 Å². The number of unbranched alkanes of at least 4 members (excludes halogenated alkanes) is 4. The molecule has 0 saturated carbocycles. The molecule has 6 rings (SSSR count). The van der Waals surface area contributed by atoms with Gasteiger partial charge in [-0.05, 0) is 30.6 Å². The van der Waals surface area contributed by atoms with Crippen LogP contribution in [0.2, 0.25) is 0 Å². The molecule has 3 fully saturated rings. The Labute approximate surface area is 438 Å². The minimum atomic E-state index is -1.83. The van der Waals surface area contributed by atoms with Crippen LogP contribution in [0, 0.1) is 5.92 Å². The van der Waals surface area contributed by atoms with Crippen molar-refractivity contribution in [3.63, 3.8) is 0 Å². The fraction of sp³-hybridized carbons (Fsp3) is 0.638. The maximum absolute atomic E-state index is 15.3. The second-order valence-corrected chi connectivity index (χ2v) is 18.9. The largest absolute Gasteiger partial charge is 0.456 e. The fourth-order valence-corrected chi connectivity index (χ4v) is 8.82. The van der Waals surface area contributed by atoms with Gasteiger partial charge < -0.3 is 86.5 Å². The molecule has 0 aromatic rings. The average molecular weight is 1100 g/mol. The molecule has 74 heavy (non-hydrogen) atoms. The SMILES string of the molecule is C=C1N=C(N)C=CN1[C@@H]1O[C@@](CO)(CCl)[C@@H](OC(=O)C(N)C(C)C)[C@H]1F.C=C1N=C(N)C=CN1[C@@H]1O[C@@](CO)(CCl)[C@@H](OC(=O)CCCCCCC)[C@H]1F.C=C1N=C(N)C=CN1[C@@H]1O[C@@](CO)(COC)[C@@H](O)[C@H]1F. The number of esters is 2. The van der Waals surface area contributed by atoms with Crippen molar-refractivity contribution in [2.45, 2.75) is 138 Å². The first kappa shape index (κ1) is 61.7. The molecule has 0 aliphatic carbocycles. The van der Waals surface area contributed by atoms with Crippen LogP contribution in [0.5, 0.6) is 0 Å². The molecule has 6 aliphatic heterocycles. The van der Waals surface area contributed by atoms with E-state index in [0.717, 1.165) is 25.7 Å². The third kappa shape index (κ3) is 14.0. The van der Waals surface area contributed by atoms with E-state index in [1.807, 2.05) is 0 Å². The summed E-state index contributed by atoms with van der Waals surface area (Å²) in [5.74, 6) is -0.900. The number of aliphatic hydroxyl groups excluding tert-OH is 4. The molecule has 6 aliphatic rings. The van der Waals surface area contributed by atoms with Gasteiger partial charge in [0.15, 0.2) is 49.4 Å². The van der Waals surface area contributed by atoms with Gasteiger partial charge in [0, 0.05) is 32.1 Å². The maximum Gasteiger partial charge on any atom is 0.323 e. The van der Waals surface area contributed by atoms with Crippen LogP contribution < -0.4 is 22.9 Å². The van der Waals surface area contributed by atoms with Crippen molar-refractivity contribution in [2.24, 2.45) is 43.8 Å². The summed E-state index contributed by atoms with van der Waals surface area (Å²) >= 11 is 11.9. The quantitative estimate of drug-likeness (QED) is 0.0490. The summed E-state index contributed by atoms with van der Waals surface area (Å²) in [6.45, 7) is 14.7. The molecule has 27 heteroatoms. The number of nitrogens with zero attached hydrogens (tertiary/aromatic N) is 6. The van der Waals surface area contributed by atoms with Crippen molar-refractivity contribution in [3.8, 4) is 0 Å². The monoisotopic (exact) mass is 1090 g/mol. The molecule has 416 valence electrons. The Morgan fingerprint density at radius 2 is 1.11 bits per heavy atom. The molecule has 1 unspecified atom stereocenters. The summed E-state index contributed by atoms with van der Waals surface area (Å²) in [6.07, 6.45) is 0.514. The van der Waals surface area contributed by atoms with Crippen molar-refractivity contribution in [3.05, 3.63) is 74.0 Å². The van der Waals surface area contributed by atoms with Crippen LogP contribution in [0.25, 0.3) is 0 Å². The second-order valence-electron chi connectivity index (χ2n) is 18.4. The standard InChI is InChI=1S/C19H29ClFN3O4.C16H24ClFN4O4.C12H18FN3O4/c1-3-4-5-6-7-8-15(26)27-17-16(21)18(28-19(17,11-20)12-25)24-10-9-14(22)23-13(24)2;1-8(2)12(20)15(24)25-13-11(18)14(26-16(13,6-17)7-23)22-5-4-10(19)21-9(22)3;1-7-15-8(14)3-4-16(7)11-9(13)10(18)12(5-17,20-11)6-19-2/h9-10,16-18,25H,2-8,11-12H2,1H3,(H2,22,23);4-5,8,11-14,23H,3,6-7,20H2,1-2H3,(H2,19,21);3-4,9-11,17-18H,1,5-6H2,2H3,(H2,14,15)/t16-,17+,18-,19-;11-,12?,13+,14-,16-;9-,10+,11-,12+/m111/s1. The Morgan fingerprint density at radius 1 is 0.716 bits per heavy atom. The molecular formula is C47H71Cl2F3N10O12. The molecule has 22 nitrogen and oxygen atoms in total. The number of carbonyl (C=O) groups excluding carboxylic acids is 2. The van der Waals surface area contributed by atoms with Crippen molar-refractivity contribution >= 4 is 52.6 Å². The second kappa shape index (κ2) is 27.3. The van der Waals surface area contributed by atoms with E-state index in [1.54, 1.807) is 13.8 Å². The van der Waals surface area contributed by atoms with Crippen LogP contribution >= 0.6 is 23.2 Å². The van der Waals surface area contributed by atoms with Gasteiger partial charge in [-0.1, -0.05) is 66.2 Å². The van der Waals surface area contributed by atoms with Crippen LogP contribution in [0.1, 0.15) is 59.3 Å².